The summed E-state index contributed by atoms with van der Waals surface area (Å²) in [6.45, 7) is 3.79. The fourth-order valence-electron chi connectivity index (χ4n) is 2.06. The van der Waals surface area contributed by atoms with Crippen LogP contribution in [0.3, 0.4) is 0 Å². The van der Waals surface area contributed by atoms with Crippen molar-refractivity contribution in [3.63, 3.8) is 0 Å². The molecule has 0 fully saturated rings. The number of carbonyl (C=O) groups is 2. The van der Waals surface area contributed by atoms with Crippen LogP contribution < -0.4 is 5.32 Å². The molecule has 8 heteroatoms. The Balaban J connectivity index is 4.95. The molecule has 1 unspecified atom stereocenters. The van der Waals surface area contributed by atoms with Gasteiger partial charge >= 0.3 is 5.97 Å². The summed E-state index contributed by atoms with van der Waals surface area (Å²) in [4.78, 5) is 22.6. The van der Waals surface area contributed by atoms with E-state index in [1.165, 1.54) is 11.8 Å². The minimum atomic E-state index is -3.55. The van der Waals surface area contributed by atoms with Gasteiger partial charge in [0.1, 0.15) is 6.04 Å². The van der Waals surface area contributed by atoms with Crippen molar-refractivity contribution in [1.82, 2.24) is 5.32 Å². The van der Waals surface area contributed by atoms with Crippen LogP contribution in [0.1, 0.15) is 39.5 Å². The first kappa shape index (κ1) is 20.2. The van der Waals surface area contributed by atoms with E-state index >= 15 is 0 Å². The molecule has 124 valence electrons. The molecular weight excluding hydrogens is 314 g/mol. The van der Waals surface area contributed by atoms with Crippen LogP contribution in [-0.4, -0.2) is 54.5 Å². The van der Waals surface area contributed by atoms with Crippen LogP contribution >= 0.6 is 11.8 Å². The lowest BCUT2D eigenvalue weighted by Gasteiger charge is -2.20. The Kier molecular flexibility index (Phi) is 9.68. The van der Waals surface area contributed by atoms with Crippen LogP contribution in [-0.2, 0) is 19.4 Å². The van der Waals surface area contributed by atoms with E-state index in [2.05, 4.69) is 5.32 Å². The second-order valence-corrected chi connectivity index (χ2v) is 8.11. The van der Waals surface area contributed by atoms with Crippen molar-refractivity contribution in [3.8, 4) is 0 Å². The van der Waals surface area contributed by atoms with Crippen molar-refractivity contribution < 1.29 is 23.1 Å². The molecular formula is C13H25NO5S2. The molecule has 0 aromatic heterocycles. The number of carboxylic acid groups (broad SMARTS) is 1. The molecule has 0 aliphatic carbocycles. The van der Waals surface area contributed by atoms with E-state index in [9.17, 15) is 18.0 Å². The second kappa shape index (κ2) is 10.0. The van der Waals surface area contributed by atoms with Crippen LogP contribution in [0.2, 0.25) is 0 Å². The zero-order valence-electron chi connectivity index (χ0n) is 12.8. The van der Waals surface area contributed by atoms with Crippen molar-refractivity contribution in [1.29, 1.82) is 0 Å². The van der Waals surface area contributed by atoms with E-state index in [0.29, 0.717) is 12.8 Å². The Labute approximate surface area is 131 Å². The van der Waals surface area contributed by atoms with Gasteiger partial charge in [0, 0.05) is 0 Å². The molecule has 1 atom stereocenters. The number of aliphatic carboxylic acids is 1. The molecule has 0 radical (unpaired) electrons. The molecule has 6 nitrogen and oxygen atoms in total. The van der Waals surface area contributed by atoms with Crippen molar-refractivity contribution >= 4 is 33.5 Å². The number of nitrogens with one attached hydrogen (secondary N) is 1. The van der Waals surface area contributed by atoms with Gasteiger partial charge in [-0.2, -0.15) is 11.8 Å². The van der Waals surface area contributed by atoms with Crippen LogP contribution in [0.15, 0.2) is 0 Å². The molecule has 0 rings (SSSR count). The lowest BCUT2D eigenvalue weighted by atomic mass is 10.2. The van der Waals surface area contributed by atoms with Gasteiger partial charge in [0.25, 0.3) is 0 Å². The predicted octanol–water partition coefficient (Wildman–Crippen LogP) is 1.30. The number of hydrogen-bond acceptors (Lipinski definition) is 5. The summed E-state index contributed by atoms with van der Waals surface area (Å²) in [5.41, 5.74) is 0. The number of sulfone groups is 1. The normalized spacial score (nSPS) is 13.1. The summed E-state index contributed by atoms with van der Waals surface area (Å²) in [5, 5.41) is 10.8. The number of carboxylic acids is 1. The maximum absolute atomic E-state index is 12.3. The van der Waals surface area contributed by atoms with Gasteiger partial charge in [0.15, 0.2) is 9.84 Å². The van der Waals surface area contributed by atoms with Crippen molar-refractivity contribution in [2.24, 2.45) is 0 Å². The maximum atomic E-state index is 12.3. The van der Waals surface area contributed by atoms with Crippen molar-refractivity contribution in [2.45, 2.75) is 50.8 Å². The van der Waals surface area contributed by atoms with E-state index in [4.69, 9.17) is 5.11 Å². The average Bonchev–Trinajstić information content (AvgIpc) is 2.37. The SMILES string of the molecule is CCCC(CCC)S(=O)(=O)CC(NC(=O)CSC)C(=O)O. The lowest BCUT2D eigenvalue weighted by molar-refractivity contribution is -0.140. The first-order valence-electron chi connectivity index (χ1n) is 7.01. The van der Waals surface area contributed by atoms with Crippen LogP contribution in [0, 0.1) is 0 Å². The highest BCUT2D eigenvalue weighted by molar-refractivity contribution is 7.99. The van der Waals surface area contributed by atoms with Crippen LogP contribution in [0.5, 0.6) is 0 Å². The predicted molar refractivity (Wildman–Crippen MR) is 85.3 cm³/mol. The molecule has 0 heterocycles. The summed E-state index contributed by atoms with van der Waals surface area (Å²) in [6.07, 6.45) is 4.19. The lowest BCUT2D eigenvalue weighted by Crippen LogP contribution is -2.47. The Bertz CT molecular complexity index is 430. The van der Waals surface area contributed by atoms with Gasteiger partial charge in [-0.05, 0) is 19.1 Å². The molecule has 0 saturated carbocycles. The highest BCUT2D eigenvalue weighted by atomic mass is 32.2. The summed E-state index contributed by atoms with van der Waals surface area (Å²) < 4.78 is 24.7. The highest BCUT2D eigenvalue weighted by Gasteiger charge is 2.31. The molecule has 0 aliphatic rings. The number of carbonyl (C=O) groups excluding carboxylic acids is 1. The summed E-state index contributed by atoms with van der Waals surface area (Å²) in [5.74, 6) is -2.22. The summed E-state index contributed by atoms with van der Waals surface area (Å²) >= 11 is 1.25. The molecule has 2 N–H and O–H groups in total. The molecule has 0 bridgehead atoms. The van der Waals surface area contributed by atoms with Gasteiger partial charge in [-0.15, -0.1) is 0 Å². The number of amides is 1. The third-order valence-corrected chi connectivity index (χ3v) is 5.87. The number of rotatable bonds is 11. The molecule has 0 spiro atoms. The van der Waals surface area contributed by atoms with Crippen LogP contribution in [0.25, 0.3) is 0 Å². The molecule has 21 heavy (non-hydrogen) atoms. The third-order valence-electron chi connectivity index (χ3n) is 3.04. The first-order chi connectivity index (χ1) is 9.78. The van der Waals surface area contributed by atoms with E-state index in [-0.39, 0.29) is 5.75 Å². The minimum absolute atomic E-state index is 0.108. The Morgan fingerprint density at radius 3 is 2.10 bits per heavy atom. The van der Waals surface area contributed by atoms with E-state index in [0.717, 1.165) is 12.8 Å². The minimum Gasteiger partial charge on any atom is -0.480 e. The standard InChI is InChI=1S/C13H25NO5S2/c1-4-6-10(7-5-2)21(18,19)9-11(13(16)17)14-12(15)8-20-3/h10-11H,4-9H2,1-3H3,(H,14,15)(H,16,17). The smallest absolute Gasteiger partial charge is 0.327 e. The molecule has 0 aromatic carbocycles. The van der Waals surface area contributed by atoms with Crippen molar-refractivity contribution in [2.75, 3.05) is 17.8 Å². The van der Waals surface area contributed by atoms with E-state index in [1.54, 1.807) is 6.26 Å². The zero-order valence-corrected chi connectivity index (χ0v) is 14.4. The fraction of sp³-hybridized carbons (Fsp3) is 0.846. The second-order valence-electron chi connectivity index (χ2n) is 4.92. The van der Waals surface area contributed by atoms with Gasteiger partial charge < -0.3 is 10.4 Å². The van der Waals surface area contributed by atoms with Gasteiger partial charge in [-0.3, -0.25) is 4.79 Å². The van der Waals surface area contributed by atoms with Gasteiger partial charge in [0.05, 0.1) is 16.8 Å². The molecule has 0 aliphatic heterocycles. The molecule has 1 amide bonds. The monoisotopic (exact) mass is 339 g/mol. The van der Waals surface area contributed by atoms with Gasteiger partial charge in [-0.1, -0.05) is 26.7 Å². The number of thioether (sulfide) groups is 1. The maximum Gasteiger partial charge on any atom is 0.327 e. The average molecular weight is 339 g/mol. The summed E-state index contributed by atoms with van der Waals surface area (Å²) in [6, 6.07) is -1.38. The van der Waals surface area contributed by atoms with Gasteiger partial charge in [-0.25, -0.2) is 13.2 Å². The first-order valence-corrected chi connectivity index (χ1v) is 10.1. The molecule has 0 aromatic rings. The summed E-state index contributed by atoms with van der Waals surface area (Å²) in [7, 11) is -3.55. The topological polar surface area (TPSA) is 101 Å². The van der Waals surface area contributed by atoms with Crippen molar-refractivity contribution in [3.05, 3.63) is 0 Å². The zero-order chi connectivity index (χ0) is 16.5. The largest absolute Gasteiger partial charge is 0.480 e. The quantitative estimate of drug-likeness (QED) is 0.588. The Morgan fingerprint density at radius 2 is 1.71 bits per heavy atom. The van der Waals surface area contributed by atoms with E-state index < -0.39 is 38.8 Å². The third kappa shape index (κ3) is 7.71. The molecule has 0 saturated heterocycles. The number of hydrogen-bond donors (Lipinski definition) is 2. The van der Waals surface area contributed by atoms with E-state index in [1.807, 2.05) is 13.8 Å². The highest BCUT2D eigenvalue weighted by Crippen LogP contribution is 2.16. The Morgan fingerprint density at radius 1 is 1.19 bits per heavy atom. The Hall–Kier alpha value is -0.760. The fourth-order valence-corrected chi connectivity index (χ4v) is 4.56. The van der Waals surface area contributed by atoms with Crippen LogP contribution in [0.4, 0.5) is 0 Å². The van der Waals surface area contributed by atoms with Gasteiger partial charge in [0.2, 0.25) is 5.91 Å².